The number of nitrogens with one attached hydrogen (secondary N) is 1. The first kappa shape index (κ1) is 17.8. The Morgan fingerprint density at radius 3 is 2.74 bits per heavy atom. The molecule has 0 saturated heterocycles. The van der Waals surface area contributed by atoms with Gasteiger partial charge >= 0.3 is 0 Å². The Kier molecular flexibility index (Phi) is 3.93. The number of benzene rings is 1. The highest BCUT2D eigenvalue weighted by Gasteiger charge is 2.46. The summed E-state index contributed by atoms with van der Waals surface area (Å²) < 4.78 is 15.2. The molecule has 0 bridgehead atoms. The number of rotatable bonds is 3. The van der Waals surface area contributed by atoms with Gasteiger partial charge in [0.2, 0.25) is 5.91 Å². The van der Waals surface area contributed by atoms with Crippen molar-refractivity contribution in [1.29, 1.82) is 0 Å². The Balaban J connectivity index is 1.96. The van der Waals surface area contributed by atoms with E-state index < -0.39 is 11.7 Å². The second-order valence-corrected chi connectivity index (χ2v) is 7.77. The molecule has 1 aromatic heterocycles. The SMILES string of the molecule is C=CC(=O)N1CC(c2c(F)cc(C(N)=O)c3[nH]c(C)c(Cl)c23)=CC2(CC2)C1. The molecule has 1 aliphatic carbocycles. The Labute approximate surface area is 160 Å². The van der Waals surface area contributed by atoms with Crippen molar-refractivity contribution in [3.63, 3.8) is 0 Å². The number of carbonyl (C=O) groups is 2. The minimum absolute atomic E-state index is 0.0535. The normalized spacial score (nSPS) is 17.9. The Morgan fingerprint density at radius 2 is 2.15 bits per heavy atom. The van der Waals surface area contributed by atoms with Crippen molar-refractivity contribution in [3.05, 3.63) is 52.5 Å². The van der Waals surface area contributed by atoms with Gasteiger partial charge in [-0.2, -0.15) is 0 Å². The van der Waals surface area contributed by atoms with Crippen LogP contribution >= 0.6 is 11.6 Å². The number of H-pyrrole nitrogens is 1. The van der Waals surface area contributed by atoms with Crippen molar-refractivity contribution in [1.82, 2.24) is 9.88 Å². The van der Waals surface area contributed by atoms with Gasteiger partial charge in [0, 0.05) is 35.1 Å². The van der Waals surface area contributed by atoms with Crippen LogP contribution in [0.25, 0.3) is 16.5 Å². The largest absolute Gasteiger partial charge is 0.366 e. The first-order valence-corrected chi connectivity index (χ1v) is 9.07. The summed E-state index contributed by atoms with van der Waals surface area (Å²) in [5.41, 5.74) is 7.40. The van der Waals surface area contributed by atoms with Gasteiger partial charge in [-0.05, 0) is 37.5 Å². The maximum absolute atomic E-state index is 15.2. The van der Waals surface area contributed by atoms with Crippen molar-refractivity contribution >= 4 is 39.9 Å². The van der Waals surface area contributed by atoms with Crippen molar-refractivity contribution in [2.45, 2.75) is 19.8 Å². The van der Waals surface area contributed by atoms with E-state index in [2.05, 4.69) is 17.6 Å². The lowest BCUT2D eigenvalue weighted by Crippen LogP contribution is -2.39. The highest BCUT2D eigenvalue weighted by Crippen LogP contribution is 2.52. The summed E-state index contributed by atoms with van der Waals surface area (Å²) in [5, 5.41) is 0.776. The van der Waals surface area contributed by atoms with Gasteiger partial charge in [0.25, 0.3) is 5.91 Å². The monoisotopic (exact) mass is 387 g/mol. The number of aromatic nitrogens is 1. The molecule has 2 aliphatic rings. The zero-order chi connectivity index (χ0) is 19.5. The van der Waals surface area contributed by atoms with Gasteiger partial charge in [-0.25, -0.2) is 4.39 Å². The van der Waals surface area contributed by atoms with Gasteiger partial charge < -0.3 is 15.6 Å². The fourth-order valence-corrected chi connectivity index (χ4v) is 4.18. The van der Waals surface area contributed by atoms with Crippen molar-refractivity contribution < 1.29 is 14.0 Å². The molecule has 0 atom stereocenters. The summed E-state index contributed by atoms with van der Waals surface area (Å²) in [6.45, 7) is 6.17. The van der Waals surface area contributed by atoms with Gasteiger partial charge in [-0.1, -0.05) is 24.3 Å². The van der Waals surface area contributed by atoms with E-state index in [1.165, 1.54) is 6.08 Å². The topological polar surface area (TPSA) is 79.2 Å². The summed E-state index contributed by atoms with van der Waals surface area (Å²) >= 11 is 6.45. The number of hydrogen-bond acceptors (Lipinski definition) is 2. The third-order valence-corrected chi connectivity index (χ3v) is 5.93. The molecule has 2 heterocycles. The smallest absolute Gasteiger partial charge is 0.250 e. The summed E-state index contributed by atoms with van der Waals surface area (Å²) in [4.78, 5) is 28.7. The van der Waals surface area contributed by atoms with Gasteiger partial charge in [0.05, 0.1) is 16.1 Å². The Morgan fingerprint density at radius 1 is 1.44 bits per heavy atom. The second-order valence-electron chi connectivity index (χ2n) is 7.39. The number of fused-ring (bicyclic) bond motifs is 1. The van der Waals surface area contributed by atoms with Crippen LogP contribution in [0.5, 0.6) is 0 Å². The number of carbonyl (C=O) groups excluding carboxylic acids is 2. The summed E-state index contributed by atoms with van der Waals surface area (Å²) in [6.07, 6.45) is 5.22. The first-order valence-electron chi connectivity index (χ1n) is 8.70. The van der Waals surface area contributed by atoms with Gasteiger partial charge in [0.1, 0.15) is 5.82 Å². The lowest BCUT2D eigenvalue weighted by molar-refractivity contribution is -0.126. The van der Waals surface area contributed by atoms with Crippen molar-refractivity contribution in [2.75, 3.05) is 13.1 Å². The highest BCUT2D eigenvalue weighted by atomic mass is 35.5. The van der Waals surface area contributed by atoms with Crippen molar-refractivity contribution in [2.24, 2.45) is 11.1 Å². The van der Waals surface area contributed by atoms with E-state index in [0.717, 1.165) is 18.9 Å². The molecule has 140 valence electrons. The standard InChI is InChI=1S/C20H19ClFN3O2/c1-3-14(26)25-8-11(7-20(9-25)4-5-20)15-13(22)6-12(19(23)27)18-16(15)17(21)10(2)24-18/h3,6-7,24H,1,4-5,8-9H2,2H3,(H2,23,27). The minimum atomic E-state index is -0.733. The number of hydrogen-bond donors (Lipinski definition) is 2. The van der Waals surface area contributed by atoms with E-state index in [-0.39, 0.29) is 23.4 Å². The van der Waals surface area contributed by atoms with E-state index >= 15 is 4.39 Å². The van der Waals surface area contributed by atoms with E-state index in [0.29, 0.717) is 39.3 Å². The van der Waals surface area contributed by atoms with Crippen LogP contribution in [0.3, 0.4) is 0 Å². The Bertz CT molecular complexity index is 1050. The third-order valence-electron chi connectivity index (χ3n) is 5.45. The number of amides is 2. The van der Waals surface area contributed by atoms with Gasteiger partial charge in [-0.3, -0.25) is 9.59 Å². The molecule has 1 aromatic carbocycles. The molecule has 5 nitrogen and oxygen atoms in total. The van der Waals surface area contributed by atoms with Crippen LogP contribution in [0.2, 0.25) is 5.02 Å². The van der Waals surface area contributed by atoms with Gasteiger partial charge in [-0.15, -0.1) is 0 Å². The van der Waals surface area contributed by atoms with Crippen LogP contribution in [0.15, 0.2) is 24.8 Å². The predicted molar refractivity (Wildman–Crippen MR) is 103 cm³/mol. The number of nitrogens with two attached hydrogens (primary N) is 1. The van der Waals surface area contributed by atoms with Gasteiger partial charge in [0.15, 0.2) is 0 Å². The molecule has 1 fully saturated rings. The summed E-state index contributed by atoms with van der Waals surface area (Å²) in [6, 6.07) is 1.14. The summed E-state index contributed by atoms with van der Waals surface area (Å²) in [7, 11) is 0. The molecule has 2 aromatic rings. The molecule has 0 radical (unpaired) electrons. The lowest BCUT2D eigenvalue weighted by Gasteiger charge is -2.32. The molecule has 1 spiro atoms. The van der Waals surface area contributed by atoms with Crippen molar-refractivity contribution in [3.8, 4) is 0 Å². The molecule has 2 amide bonds. The van der Waals surface area contributed by atoms with E-state index in [1.54, 1.807) is 11.8 Å². The number of halogens is 2. The predicted octanol–water partition coefficient (Wildman–Crippen LogP) is 3.56. The van der Waals surface area contributed by atoms with Crippen LogP contribution in [-0.4, -0.2) is 34.8 Å². The average molecular weight is 388 g/mol. The number of primary amides is 1. The molecule has 0 unspecified atom stereocenters. The lowest BCUT2D eigenvalue weighted by atomic mass is 9.90. The maximum atomic E-state index is 15.2. The molecule has 3 N–H and O–H groups in total. The van der Waals surface area contributed by atoms with E-state index in [4.69, 9.17) is 17.3 Å². The minimum Gasteiger partial charge on any atom is -0.366 e. The molecule has 4 rings (SSSR count). The zero-order valence-electron chi connectivity index (χ0n) is 14.9. The van der Waals surface area contributed by atoms with Crippen LogP contribution < -0.4 is 5.73 Å². The fourth-order valence-electron chi connectivity index (χ4n) is 3.94. The zero-order valence-corrected chi connectivity index (χ0v) is 15.6. The number of aromatic amines is 1. The highest BCUT2D eigenvalue weighted by molar-refractivity contribution is 6.37. The van der Waals surface area contributed by atoms with E-state index in [9.17, 15) is 9.59 Å². The fraction of sp³-hybridized carbons (Fsp3) is 0.300. The number of nitrogens with zero attached hydrogens (tertiary/aromatic N) is 1. The molecule has 1 aliphatic heterocycles. The number of aryl methyl sites for hydroxylation is 1. The van der Waals surface area contributed by atoms with Crippen LogP contribution in [0, 0.1) is 18.2 Å². The first-order chi connectivity index (χ1) is 12.8. The van der Waals surface area contributed by atoms with Crippen LogP contribution in [0.4, 0.5) is 4.39 Å². The van der Waals surface area contributed by atoms with E-state index in [1.807, 2.05) is 0 Å². The summed E-state index contributed by atoms with van der Waals surface area (Å²) in [5.74, 6) is -1.50. The molecule has 7 heteroatoms. The Hall–Kier alpha value is -2.60. The van der Waals surface area contributed by atoms with Crippen LogP contribution in [0.1, 0.15) is 34.5 Å². The molecular weight excluding hydrogens is 369 g/mol. The third kappa shape index (κ3) is 2.75. The average Bonchev–Trinajstić information content (AvgIpc) is 3.30. The molecule has 27 heavy (non-hydrogen) atoms. The molecule has 1 saturated carbocycles. The molecular formula is C20H19ClFN3O2. The second kappa shape index (κ2) is 5.96. The van der Waals surface area contributed by atoms with Crippen LogP contribution in [-0.2, 0) is 4.79 Å². The maximum Gasteiger partial charge on any atom is 0.250 e. The quantitative estimate of drug-likeness (QED) is 0.790.